The highest BCUT2D eigenvalue weighted by molar-refractivity contribution is 5.42. The second kappa shape index (κ2) is 7.69. The molecular weight excluding hydrogens is 414 g/mol. The number of benzene rings is 1. The van der Waals surface area contributed by atoms with Crippen molar-refractivity contribution in [3.8, 4) is 0 Å². The Labute approximate surface area is 167 Å². The maximum absolute atomic E-state index is 13.2. The van der Waals surface area contributed by atoms with Gasteiger partial charge in [-0.25, -0.2) is 0 Å². The molecule has 162 valence electrons. The monoisotopic (exact) mass is 432 g/mol. The van der Waals surface area contributed by atoms with Gasteiger partial charge >= 0.3 is 12.4 Å². The van der Waals surface area contributed by atoms with Gasteiger partial charge in [-0.2, -0.15) is 31.4 Å². The van der Waals surface area contributed by atoms with E-state index < -0.39 is 23.5 Å². The predicted molar refractivity (Wildman–Crippen MR) is 95.5 cm³/mol. The van der Waals surface area contributed by atoms with E-state index in [2.05, 4.69) is 10.3 Å². The highest BCUT2D eigenvalue weighted by Gasteiger charge is 2.37. The van der Waals surface area contributed by atoms with Crippen LogP contribution in [0.25, 0.3) is 0 Å². The Morgan fingerprint density at radius 1 is 0.900 bits per heavy atom. The van der Waals surface area contributed by atoms with E-state index in [0.717, 1.165) is 5.69 Å². The maximum Gasteiger partial charge on any atom is 0.416 e. The van der Waals surface area contributed by atoms with Crippen LogP contribution in [0.5, 0.6) is 0 Å². The van der Waals surface area contributed by atoms with E-state index in [4.69, 9.17) is 4.52 Å². The summed E-state index contributed by atoms with van der Waals surface area (Å²) in [6, 6.07) is 4.86. The van der Waals surface area contributed by atoms with Crippen LogP contribution < -0.4 is 4.90 Å². The fraction of sp³-hybridized carbons (Fsp3) is 0.368. The SMILES string of the molecule is Cc1cc(CN(Cc2cc(C(F)(F)F)cc(C(F)(F)F)c2)c2cc(C)on2)n(C)n1. The van der Waals surface area contributed by atoms with E-state index in [-0.39, 0.29) is 30.5 Å². The fourth-order valence-corrected chi connectivity index (χ4v) is 3.06. The van der Waals surface area contributed by atoms with Crippen LogP contribution in [0.3, 0.4) is 0 Å². The minimum atomic E-state index is -4.91. The zero-order valence-electron chi connectivity index (χ0n) is 16.3. The number of hydrogen-bond acceptors (Lipinski definition) is 4. The zero-order valence-corrected chi connectivity index (χ0v) is 16.3. The first kappa shape index (κ1) is 21.7. The zero-order chi connectivity index (χ0) is 22.3. The normalized spacial score (nSPS) is 12.4. The van der Waals surface area contributed by atoms with Crippen LogP contribution in [-0.2, 0) is 32.5 Å². The van der Waals surface area contributed by atoms with E-state index in [1.54, 1.807) is 37.7 Å². The Bertz CT molecular complexity index is 1000. The number of nitrogens with zero attached hydrogens (tertiary/aromatic N) is 4. The average Bonchev–Trinajstić information content (AvgIpc) is 3.17. The van der Waals surface area contributed by atoms with Crippen LogP contribution in [0.2, 0.25) is 0 Å². The van der Waals surface area contributed by atoms with E-state index in [9.17, 15) is 26.3 Å². The predicted octanol–water partition coefficient (Wildman–Crippen LogP) is 5.27. The van der Waals surface area contributed by atoms with E-state index in [1.807, 2.05) is 0 Å². The van der Waals surface area contributed by atoms with Gasteiger partial charge < -0.3 is 9.42 Å². The lowest BCUT2D eigenvalue weighted by atomic mass is 10.0. The smallest absolute Gasteiger partial charge is 0.360 e. The van der Waals surface area contributed by atoms with Crippen molar-refractivity contribution in [1.29, 1.82) is 0 Å². The molecule has 0 aliphatic carbocycles. The summed E-state index contributed by atoms with van der Waals surface area (Å²) in [5, 5.41) is 8.08. The van der Waals surface area contributed by atoms with Crippen LogP contribution >= 0.6 is 0 Å². The van der Waals surface area contributed by atoms with Crippen molar-refractivity contribution in [2.75, 3.05) is 4.90 Å². The molecular formula is C19H18F6N4O. The average molecular weight is 432 g/mol. The van der Waals surface area contributed by atoms with Gasteiger partial charge in [-0.1, -0.05) is 5.16 Å². The molecule has 0 unspecified atom stereocenters. The van der Waals surface area contributed by atoms with Crippen molar-refractivity contribution in [2.24, 2.45) is 7.05 Å². The van der Waals surface area contributed by atoms with Gasteiger partial charge in [0.1, 0.15) is 5.76 Å². The lowest BCUT2D eigenvalue weighted by Gasteiger charge is -2.23. The van der Waals surface area contributed by atoms with E-state index in [0.29, 0.717) is 23.6 Å². The van der Waals surface area contributed by atoms with E-state index in [1.165, 1.54) is 4.90 Å². The molecule has 0 atom stereocenters. The molecule has 0 N–H and O–H groups in total. The third-order valence-corrected chi connectivity index (χ3v) is 4.41. The van der Waals surface area contributed by atoms with Gasteiger partial charge in [0, 0.05) is 19.7 Å². The molecule has 0 radical (unpaired) electrons. The molecule has 1 aromatic carbocycles. The Hall–Kier alpha value is -2.98. The lowest BCUT2D eigenvalue weighted by Crippen LogP contribution is -2.24. The minimum Gasteiger partial charge on any atom is -0.360 e. The summed E-state index contributed by atoms with van der Waals surface area (Å²) in [5.74, 6) is 0.744. The van der Waals surface area contributed by atoms with Crippen LogP contribution in [-0.4, -0.2) is 14.9 Å². The molecule has 30 heavy (non-hydrogen) atoms. The number of alkyl halides is 6. The summed E-state index contributed by atoms with van der Waals surface area (Å²) < 4.78 is 85.7. The molecule has 3 aromatic rings. The fourth-order valence-electron chi connectivity index (χ4n) is 3.06. The van der Waals surface area contributed by atoms with E-state index >= 15 is 0 Å². The molecule has 11 heteroatoms. The second-order valence-corrected chi connectivity index (χ2v) is 6.97. The van der Waals surface area contributed by atoms with Crippen molar-refractivity contribution in [3.63, 3.8) is 0 Å². The maximum atomic E-state index is 13.2. The molecule has 5 nitrogen and oxygen atoms in total. The van der Waals surface area contributed by atoms with Gasteiger partial charge in [0.05, 0.1) is 29.1 Å². The topological polar surface area (TPSA) is 47.1 Å². The molecule has 3 rings (SSSR count). The quantitative estimate of drug-likeness (QED) is 0.516. The lowest BCUT2D eigenvalue weighted by molar-refractivity contribution is -0.143. The summed E-state index contributed by atoms with van der Waals surface area (Å²) >= 11 is 0. The number of aryl methyl sites for hydroxylation is 3. The summed E-state index contributed by atoms with van der Waals surface area (Å²) in [6.45, 7) is 3.32. The number of rotatable bonds is 5. The van der Waals surface area contributed by atoms with Gasteiger partial charge in [-0.15, -0.1) is 0 Å². The summed E-state index contributed by atoms with van der Waals surface area (Å²) in [5.41, 5.74) is -1.45. The third kappa shape index (κ3) is 4.95. The van der Waals surface area contributed by atoms with Crippen LogP contribution in [0, 0.1) is 13.8 Å². The molecule has 0 spiro atoms. The molecule has 0 saturated carbocycles. The molecule has 0 bridgehead atoms. The molecule has 2 heterocycles. The molecule has 0 aliphatic rings. The molecule has 2 aromatic heterocycles. The van der Waals surface area contributed by atoms with Crippen LogP contribution in [0.1, 0.15) is 33.8 Å². The Morgan fingerprint density at radius 3 is 1.93 bits per heavy atom. The van der Waals surface area contributed by atoms with Crippen molar-refractivity contribution < 1.29 is 30.9 Å². The van der Waals surface area contributed by atoms with Crippen molar-refractivity contribution >= 4 is 5.82 Å². The number of aromatic nitrogens is 3. The first-order valence-corrected chi connectivity index (χ1v) is 8.79. The summed E-state index contributed by atoms with van der Waals surface area (Å²) in [6.07, 6.45) is -9.82. The number of halogens is 6. The first-order valence-electron chi connectivity index (χ1n) is 8.79. The second-order valence-electron chi connectivity index (χ2n) is 6.97. The number of anilines is 1. The van der Waals surface area contributed by atoms with Gasteiger partial charge in [0.25, 0.3) is 0 Å². The first-order chi connectivity index (χ1) is 13.8. The number of hydrogen-bond donors (Lipinski definition) is 0. The molecule has 0 aliphatic heterocycles. The van der Waals surface area contributed by atoms with Gasteiger partial charge in [-0.3, -0.25) is 4.68 Å². The van der Waals surface area contributed by atoms with Crippen molar-refractivity contribution in [3.05, 3.63) is 64.2 Å². The van der Waals surface area contributed by atoms with Crippen LogP contribution in [0.15, 0.2) is 34.9 Å². The van der Waals surface area contributed by atoms with Crippen molar-refractivity contribution in [2.45, 2.75) is 39.3 Å². The molecule has 0 fully saturated rings. The largest absolute Gasteiger partial charge is 0.416 e. The van der Waals surface area contributed by atoms with Crippen molar-refractivity contribution in [1.82, 2.24) is 14.9 Å². The molecule has 0 amide bonds. The van der Waals surface area contributed by atoms with Gasteiger partial charge in [-0.05, 0) is 43.7 Å². The van der Waals surface area contributed by atoms with Gasteiger partial charge in [0.15, 0.2) is 5.82 Å². The third-order valence-electron chi connectivity index (χ3n) is 4.41. The highest BCUT2D eigenvalue weighted by Crippen LogP contribution is 2.37. The highest BCUT2D eigenvalue weighted by atomic mass is 19.4. The Balaban J connectivity index is 2.02. The summed E-state index contributed by atoms with van der Waals surface area (Å²) in [4.78, 5) is 1.53. The standard InChI is InChI=1S/C19H18F6N4O/c1-11-4-16(28(3)26-11)10-29(17-5-12(2)30-27-17)9-13-6-14(18(20,21)22)8-15(7-13)19(23,24)25/h4-8H,9-10H2,1-3H3. The molecule has 0 saturated heterocycles. The summed E-state index contributed by atoms with van der Waals surface area (Å²) in [7, 11) is 1.70. The Kier molecular flexibility index (Phi) is 5.57. The van der Waals surface area contributed by atoms with Crippen LogP contribution in [0.4, 0.5) is 32.2 Å². The minimum absolute atomic E-state index is 0.110. The Morgan fingerprint density at radius 2 is 1.50 bits per heavy atom. The van der Waals surface area contributed by atoms with Gasteiger partial charge in [0.2, 0.25) is 0 Å².